The topological polar surface area (TPSA) is 67.2 Å². The molecule has 1 fully saturated rings. The molecule has 1 aliphatic rings. The van der Waals surface area contributed by atoms with Crippen molar-refractivity contribution in [3.63, 3.8) is 0 Å². The highest BCUT2D eigenvalue weighted by Crippen LogP contribution is 2.30. The molecule has 3 aromatic rings. The van der Waals surface area contributed by atoms with Gasteiger partial charge in [-0.3, -0.25) is 9.59 Å². The number of rotatable bonds is 4. The second kappa shape index (κ2) is 8.64. The van der Waals surface area contributed by atoms with Crippen LogP contribution in [0, 0.1) is 5.92 Å². The van der Waals surface area contributed by atoms with E-state index in [4.69, 9.17) is 0 Å². The van der Waals surface area contributed by atoms with Gasteiger partial charge in [0.05, 0.1) is 10.9 Å². The summed E-state index contributed by atoms with van der Waals surface area (Å²) in [7, 11) is 0. The molecule has 2 aromatic carbocycles. The average molecular weight is 444 g/mol. The van der Waals surface area contributed by atoms with Crippen molar-refractivity contribution in [1.82, 2.24) is 9.78 Å². The van der Waals surface area contributed by atoms with Gasteiger partial charge >= 0.3 is 6.18 Å². The number of carbonyl (C=O) groups excluding carboxylic acids is 1. The second-order valence-corrected chi connectivity index (χ2v) is 8.15. The van der Waals surface area contributed by atoms with Gasteiger partial charge in [-0.2, -0.15) is 18.3 Å². The molecular weight excluding hydrogens is 421 g/mol. The molecular formula is C23H23F3N4O2. The summed E-state index contributed by atoms with van der Waals surface area (Å²) in [4.78, 5) is 27.6. The predicted octanol–water partition coefficient (Wildman–Crippen LogP) is 4.29. The number of nitrogens with zero attached hydrogens (tertiary/aromatic N) is 3. The van der Waals surface area contributed by atoms with Gasteiger partial charge in [-0.15, -0.1) is 0 Å². The van der Waals surface area contributed by atoms with Crippen LogP contribution in [-0.2, 0) is 17.5 Å². The summed E-state index contributed by atoms with van der Waals surface area (Å²) in [5, 5.41) is 8.25. The Labute approximate surface area is 182 Å². The highest BCUT2D eigenvalue weighted by atomic mass is 19.4. The zero-order chi connectivity index (χ0) is 22.9. The molecule has 6 nitrogen and oxygen atoms in total. The van der Waals surface area contributed by atoms with E-state index < -0.39 is 23.2 Å². The van der Waals surface area contributed by atoms with E-state index in [2.05, 4.69) is 22.2 Å². The molecule has 1 N–H and O–H groups in total. The molecule has 0 spiro atoms. The lowest BCUT2D eigenvalue weighted by atomic mass is 10.00. The van der Waals surface area contributed by atoms with Crippen LogP contribution in [0.4, 0.5) is 24.7 Å². The lowest BCUT2D eigenvalue weighted by Gasteiger charge is -2.32. The Morgan fingerprint density at radius 3 is 2.47 bits per heavy atom. The van der Waals surface area contributed by atoms with Crippen LogP contribution in [0.1, 0.15) is 25.3 Å². The van der Waals surface area contributed by atoms with Crippen LogP contribution < -0.4 is 15.8 Å². The number of fused-ring (bicyclic) bond motifs is 1. The van der Waals surface area contributed by atoms with Crippen molar-refractivity contribution in [3.8, 4) is 0 Å². The summed E-state index contributed by atoms with van der Waals surface area (Å²) in [6.07, 6.45) is -2.30. The Kier molecular flexibility index (Phi) is 5.90. The van der Waals surface area contributed by atoms with Gasteiger partial charge < -0.3 is 10.2 Å². The van der Waals surface area contributed by atoms with Crippen molar-refractivity contribution in [2.24, 2.45) is 5.92 Å². The summed E-state index contributed by atoms with van der Waals surface area (Å²) in [6, 6.07) is 11.3. The molecule has 1 aromatic heterocycles. The molecule has 0 radical (unpaired) electrons. The van der Waals surface area contributed by atoms with Gasteiger partial charge in [0.15, 0.2) is 5.82 Å². The van der Waals surface area contributed by atoms with Gasteiger partial charge in [0, 0.05) is 24.2 Å². The first-order valence-electron chi connectivity index (χ1n) is 10.4. The Morgan fingerprint density at radius 2 is 1.81 bits per heavy atom. The van der Waals surface area contributed by atoms with E-state index in [0.29, 0.717) is 17.1 Å². The van der Waals surface area contributed by atoms with Crippen LogP contribution in [0.15, 0.2) is 53.3 Å². The van der Waals surface area contributed by atoms with E-state index in [0.717, 1.165) is 48.1 Å². The van der Waals surface area contributed by atoms with Crippen LogP contribution in [0.5, 0.6) is 0 Å². The third-order valence-corrected chi connectivity index (χ3v) is 5.59. The van der Waals surface area contributed by atoms with Crippen molar-refractivity contribution < 1.29 is 18.0 Å². The van der Waals surface area contributed by atoms with E-state index >= 15 is 0 Å². The fourth-order valence-electron chi connectivity index (χ4n) is 4.02. The average Bonchev–Trinajstić information content (AvgIpc) is 2.75. The van der Waals surface area contributed by atoms with E-state index in [1.165, 1.54) is 12.1 Å². The summed E-state index contributed by atoms with van der Waals surface area (Å²) >= 11 is 0. The first-order valence-corrected chi connectivity index (χ1v) is 10.4. The monoisotopic (exact) mass is 444 g/mol. The molecule has 0 aliphatic carbocycles. The van der Waals surface area contributed by atoms with Crippen molar-refractivity contribution in [2.45, 2.75) is 32.5 Å². The highest BCUT2D eigenvalue weighted by Gasteiger charge is 2.30. The first kappa shape index (κ1) is 21.9. The Morgan fingerprint density at radius 1 is 1.12 bits per heavy atom. The first-order chi connectivity index (χ1) is 15.2. The molecule has 0 unspecified atom stereocenters. The number of aromatic nitrogens is 2. The van der Waals surface area contributed by atoms with Gasteiger partial charge in [-0.05, 0) is 49.1 Å². The van der Waals surface area contributed by atoms with Gasteiger partial charge in [0.25, 0.3) is 5.56 Å². The highest BCUT2D eigenvalue weighted by molar-refractivity contribution is 5.93. The summed E-state index contributed by atoms with van der Waals surface area (Å²) in [6.45, 7) is 3.45. The van der Waals surface area contributed by atoms with Crippen LogP contribution in [-0.4, -0.2) is 28.8 Å². The molecule has 2 heterocycles. The van der Waals surface area contributed by atoms with Crippen LogP contribution in [0.2, 0.25) is 0 Å². The van der Waals surface area contributed by atoms with E-state index in [9.17, 15) is 22.8 Å². The van der Waals surface area contributed by atoms with E-state index in [1.807, 2.05) is 12.1 Å². The lowest BCUT2D eigenvalue weighted by molar-refractivity contribution is -0.137. The second-order valence-electron chi connectivity index (χ2n) is 8.15. The minimum Gasteiger partial charge on any atom is -0.354 e. The molecule has 1 atom stereocenters. The number of halogens is 3. The molecule has 0 bridgehead atoms. The molecule has 0 saturated carbocycles. The van der Waals surface area contributed by atoms with Crippen molar-refractivity contribution in [2.75, 3.05) is 23.3 Å². The van der Waals surface area contributed by atoms with Crippen molar-refractivity contribution in [3.05, 3.63) is 64.4 Å². The zero-order valence-corrected chi connectivity index (χ0v) is 17.5. The molecule has 168 valence electrons. The smallest absolute Gasteiger partial charge is 0.354 e. The maximum Gasteiger partial charge on any atom is 0.416 e. The minimum absolute atomic E-state index is 0.210. The third-order valence-electron chi connectivity index (χ3n) is 5.59. The minimum atomic E-state index is -4.45. The fourth-order valence-corrected chi connectivity index (χ4v) is 4.02. The van der Waals surface area contributed by atoms with Gasteiger partial charge in [-0.1, -0.05) is 25.1 Å². The molecule has 1 saturated heterocycles. The van der Waals surface area contributed by atoms with Crippen LogP contribution >= 0.6 is 0 Å². The number of hydrogen-bond acceptors (Lipinski definition) is 4. The zero-order valence-electron chi connectivity index (χ0n) is 17.5. The molecule has 1 amide bonds. The summed E-state index contributed by atoms with van der Waals surface area (Å²) in [5.74, 6) is 0.606. The van der Waals surface area contributed by atoms with Crippen molar-refractivity contribution in [1.29, 1.82) is 0 Å². The quantitative estimate of drug-likeness (QED) is 0.652. The number of amides is 1. The van der Waals surface area contributed by atoms with Crippen LogP contribution in [0.25, 0.3) is 10.8 Å². The standard InChI is InChI=1S/C23H23F3N4O2/c1-15-5-4-12-29(13-15)21-18-6-2-3-7-19(18)22(32)30(28-21)14-20(31)27-17-10-8-16(9-11-17)23(24,25)26/h2-3,6-11,15H,4-5,12-14H2,1H3,(H,27,31)/t15-/m0/s1. The summed E-state index contributed by atoms with van der Waals surface area (Å²) in [5.41, 5.74) is -0.984. The van der Waals surface area contributed by atoms with Gasteiger partial charge in [-0.25, -0.2) is 4.68 Å². The molecule has 9 heteroatoms. The van der Waals surface area contributed by atoms with Crippen molar-refractivity contribution >= 4 is 28.2 Å². The summed E-state index contributed by atoms with van der Waals surface area (Å²) < 4.78 is 39.3. The van der Waals surface area contributed by atoms with Gasteiger partial charge in [0.2, 0.25) is 5.91 Å². The van der Waals surface area contributed by atoms with E-state index in [-0.39, 0.29) is 12.2 Å². The number of hydrogen-bond donors (Lipinski definition) is 1. The molecule has 4 rings (SSSR count). The predicted molar refractivity (Wildman–Crippen MR) is 117 cm³/mol. The lowest BCUT2D eigenvalue weighted by Crippen LogP contribution is -2.38. The number of piperidine rings is 1. The van der Waals surface area contributed by atoms with E-state index in [1.54, 1.807) is 12.1 Å². The third kappa shape index (κ3) is 4.61. The maximum absolute atomic E-state index is 12.9. The largest absolute Gasteiger partial charge is 0.416 e. The normalized spacial score (nSPS) is 16.9. The number of anilines is 2. The number of alkyl halides is 3. The maximum atomic E-state index is 12.9. The number of benzene rings is 2. The fraction of sp³-hybridized carbons (Fsp3) is 0.348. The number of nitrogens with one attached hydrogen (secondary N) is 1. The number of carbonyl (C=O) groups is 1. The molecule has 32 heavy (non-hydrogen) atoms. The Balaban J connectivity index is 1.60. The van der Waals surface area contributed by atoms with Crippen LogP contribution in [0.3, 0.4) is 0 Å². The molecule has 1 aliphatic heterocycles. The Hall–Kier alpha value is -3.36. The van der Waals surface area contributed by atoms with Gasteiger partial charge in [0.1, 0.15) is 6.54 Å². The Bertz CT molecular complexity index is 1190. The SMILES string of the molecule is C[C@H]1CCCN(c2nn(CC(=O)Nc3ccc(C(F)(F)F)cc3)c(=O)c3ccccc23)C1.